The van der Waals surface area contributed by atoms with Crippen LogP contribution in [0.3, 0.4) is 0 Å². The highest BCUT2D eigenvalue weighted by atomic mass is 15.3. The molecule has 1 heterocycles. The summed E-state index contributed by atoms with van der Waals surface area (Å²) < 4.78 is 2.06. The van der Waals surface area contributed by atoms with Crippen molar-refractivity contribution in [2.75, 3.05) is 13.1 Å². The molecule has 0 saturated heterocycles. The molecule has 0 bridgehead atoms. The molecule has 0 fully saturated rings. The average Bonchev–Trinajstić information content (AvgIpc) is 2.41. The van der Waals surface area contributed by atoms with Gasteiger partial charge in [-0.15, -0.1) is 6.58 Å². The lowest BCUT2D eigenvalue weighted by atomic mass is 10.2. The molecule has 78 valence electrons. The summed E-state index contributed by atoms with van der Waals surface area (Å²) in [6.07, 6.45) is 1.87. The van der Waals surface area contributed by atoms with Crippen LogP contribution in [0.1, 0.15) is 17.0 Å². The number of nitrogens with one attached hydrogen (secondary N) is 1. The van der Waals surface area contributed by atoms with E-state index in [0.29, 0.717) is 0 Å². The van der Waals surface area contributed by atoms with Gasteiger partial charge in [0.2, 0.25) is 0 Å². The molecule has 1 rings (SSSR count). The second-order valence-electron chi connectivity index (χ2n) is 3.51. The van der Waals surface area contributed by atoms with Crippen molar-refractivity contribution in [3.05, 3.63) is 29.6 Å². The second-order valence-corrected chi connectivity index (χ2v) is 3.51. The van der Waals surface area contributed by atoms with Gasteiger partial charge in [-0.05, 0) is 26.3 Å². The summed E-state index contributed by atoms with van der Waals surface area (Å²) in [5, 5.41) is 7.72. The number of nitrogens with zero attached hydrogens (tertiary/aromatic N) is 2. The van der Waals surface area contributed by atoms with Gasteiger partial charge in [0.25, 0.3) is 0 Å². The SMILES string of the molecule is C=CCNCCn1nc(C)c(C)c1C. The minimum Gasteiger partial charge on any atom is -0.311 e. The minimum absolute atomic E-state index is 0.859. The summed E-state index contributed by atoms with van der Waals surface area (Å²) in [5.41, 5.74) is 3.70. The van der Waals surface area contributed by atoms with E-state index in [2.05, 4.69) is 42.4 Å². The predicted octanol–water partition coefficient (Wildman–Crippen LogP) is 1.58. The summed E-state index contributed by atoms with van der Waals surface area (Å²) in [4.78, 5) is 0. The zero-order valence-corrected chi connectivity index (χ0v) is 9.30. The molecular formula is C11H19N3. The Balaban J connectivity index is 2.50. The van der Waals surface area contributed by atoms with Gasteiger partial charge in [0.1, 0.15) is 0 Å². The second kappa shape index (κ2) is 4.96. The maximum atomic E-state index is 4.46. The van der Waals surface area contributed by atoms with E-state index in [-0.39, 0.29) is 0 Å². The molecule has 0 aliphatic carbocycles. The van der Waals surface area contributed by atoms with E-state index in [9.17, 15) is 0 Å². The molecule has 0 aromatic carbocycles. The van der Waals surface area contributed by atoms with Crippen LogP contribution < -0.4 is 5.32 Å². The third kappa shape index (κ3) is 2.45. The third-order valence-electron chi connectivity index (χ3n) is 2.53. The van der Waals surface area contributed by atoms with Crippen molar-refractivity contribution < 1.29 is 0 Å². The minimum atomic E-state index is 0.859. The molecule has 0 unspecified atom stereocenters. The van der Waals surface area contributed by atoms with E-state index in [1.165, 1.54) is 11.3 Å². The van der Waals surface area contributed by atoms with E-state index in [1.54, 1.807) is 0 Å². The lowest BCUT2D eigenvalue weighted by molar-refractivity contribution is 0.558. The number of aromatic nitrogens is 2. The van der Waals surface area contributed by atoms with Crippen LogP contribution in [0.4, 0.5) is 0 Å². The summed E-state index contributed by atoms with van der Waals surface area (Å²) >= 11 is 0. The zero-order valence-electron chi connectivity index (χ0n) is 9.30. The summed E-state index contributed by atoms with van der Waals surface area (Å²) in [6, 6.07) is 0. The molecule has 0 aliphatic heterocycles. The van der Waals surface area contributed by atoms with Gasteiger partial charge in [0.05, 0.1) is 12.2 Å². The van der Waals surface area contributed by atoms with Gasteiger partial charge in [-0.1, -0.05) is 6.08 Å². The molecule has 0 atom stereocenters. The Hall–Kier alpha value is -1.09. The standard InChI is InChI=1S/C11H19N3/c1-5-6-12-7-8-14-11(4)9(2)10(3)13-14/h5,12H,1,6-8H2,2-4H3. The molecule has 0 amide bonds. The van der Waals surface area contributed by atoms with Gasteiger partial charge < -0.3 is 5.32 Å². The Morgan fingerprint density at radius 3 is 2.64 bits per heavy atom. The van der Waals surface area contributed by atoms with E-state index in [0.717, 1.165) is 25.3 Å². The molecule has 0 saturated carbocycles. The maximum Gasteiger partial charge on any atom is 0.0625 e. The quantitative estimate of drug-likeness (QED) is 0.568. The van der Waals surface area contributed by atoms with Crippen molar-refractivity contribution in [1.29, 1.82) is 0 Å². The fourth-order valence-corrected chi connectivity index (χ4v) is 1.39. The molecule has 1 aromatic rings. The first-order valence-corrected chi connectivity index (χ1v) is 4.99. The molecule has 0 radical (unpaired) electrons. The first-order valence-electron chi connectivity index (χ1n) is 4.99. The van der Waals surface area contributed by atoms with E-state index < -0.39 is 0 Å². The van der Waals surface area contributed by atoms with Crippen LogP contribution in [0.25, 0.3) is 0 Å². The van der Waals surface area contributed by atoms with Gasteiger partial charge in [-0.2, -0.15) is 5.10 Å². The van der Waals surface area contributed by atoms with Crippen molar-refractivity contribution in [3.8, 4) is 0 Å². The maximum absolute atomic E-state index is 4.46. The molecular weight excluding hydrogens is 174 g/mol. The summed E-state index contributed by atoms with van der Waals surface area (Å²) in [5.74, 6) is 0. The molecule has 0 spiro atoms. The fourth-order valence-electron chi connectivity index (χ4n) is 1.39. The van der Waals surface area contributed by atoms with Gasteiger partial charge in [-0.3, -0.25) is 4.68 Å². The zero-order chi connectivity index (χ0) is 10.6. The van der Waals surface area contributed by atoms with Crippen LogP contribution in [0.15, 0.2) is 12.7 Å². The topological polar surface area (TPSA) is 29.9 Å². The first kappa shape index (κ1) is 11.0. The average molecular weight is 193 g/mol. The van der Waals surface area contributed by atoms with Crippen molar-refractivity contribution in [2.45, 2.75) is 27.3 Å². The van der Waals surface area contributed by atoms with Gasteiger partial charge in [0.15, 0.2) is 0 Å². The number of rotatable bonds is 5. The third-order valence-corrected chi connectivity index (χ3v) is 2.53. The number of hydrogen-bond acceptors (Lipinski definition) is 2. The first-order chi connectivity index (χ1) is 6.66. The van der Waals surface area contributed by atoms with Crippen LogP contribution in [-0.4, -0.2) is 22.9 Å². The van der Waals surface area contributed by atoms with Crippen LogP contribution in [0.5, 0.6) is 0 Å². The summed E-state index contributed by atoms with van der Waals surface area (Å²) in [7, 11) is 0. The summed E-state index contributed by atoms with van der Waals surface area (Å²) in [6.45, 7) is 12.7. The highest BCUT2D eigenvalue weighted by Crippen LogP contribution is 2.09. The Morgan fingerprint density at radius 2 is 2.14 bits per heavy atom. The van der Waals surface area contributed by atoms with Crippen LogP contribution in [0, 0.1) is 20.8 Å². The normalized spacial score (nSPS) is 10.5. The molecule has 3 heteroatoms. The Morgan fingerprint density at radius 1 is 1.43 bits per heavy atom. The van der Waals surface area contributed by atoms with Crippen LogP contribution in [0.2, 0.25) is 0 Å². The van der Waals surface area contributed by atoms with Crippen LogP contribution in [-0.2, 0) is 6.54 Å². The Labute approximate surface area is 85.8 Å². The molecule has 1 N–H and O–H groups in total. The highest BCUT2D eigenvalue weighted by molar-refractivity contribution is 5.22. The van der Waals surface area contributed by atoms with E-state index in [4.69, 9.17) is 0 Å². The Bertz CT molecular complexity index is 313. The number of aryl methyl sites for hydroxylation is 1. The van der Waals surface area contributed by atoms with Crippen molar-refractivity contribution in [1.82, 2.24) is 15.1 Å². The Kier molecular flexibility index (Phi) is 3.89. The molecule has 3 nitrogen and oxygen atoms in total. The largest absolute Gasteiger partial charge is 0.311 e. The molecule has 1 aromatic heterocycles. The lowest BCUT2D eigenvalue weighted by Crippen LogP contribution is -2.20. The molecule has 14 heavy (non-hydrogen) atoms. The van der Waals surface area contributed by atoms with Crippen LogP contribution >= 0.6 is 0 Å². The monoisotopic (exact) mass is 193 g/mol. The van der Waals surface area contributed by atoms with Gasteiger partial charge in [0, 0.05) is 18.8 Å². The van der Waals surface area contributed by atoms with Gasteiger partial charge >= 0.3 is 0 Å². The molecule has 0 aliphatic rings. The van der Waals surface area contributed by atoms with Gasteiger partial charge in [-0.25, -0.2) is 0 Å². The van der Waals surface area contributed by atoms with Crippen molar-refractivity contribution in [2.24, 2.45) is 0 Å². The van der Waals surface area contributed by atoms with Crippen molar-refractivity contribution in [3.63, 3.8) is 0 Å². The van der Waals surface area contributed by atoms with Crippen molar-refractivity contribution >= 4 is 0 Å². The smallest absolute Gasteiger partial charge is 0.0625 e. The lowest BCUT2D eigenvalue weighted by Gasteiger charge is -2.04. The van der Waals surface area contributed by atoms with E-state index >= 15 is 0 Å². The number of hydrogen-bond donors (Lipinski definition) is 1. The predicted molar refractivity (Wildman–Crippen MR) is 59.5 cm³/mol. The van der Waals surface area contributed by atoms with E-state index in [1.807, 2.05) is 6.08 Å². The highest BCUT2D eigenvalue weighted by Gasteiger charge is 2.05. The fraction of sp³-hybridized carbons (Fsp3) is 0.545.